The van der Waals surface area contributed by atoms with Crippen molar-refractivity contribution in [2.75, 3.05) is 0 Å². The molecule has 4 aliphatic carbocycles. The van der Waals surface area contributed by atoms with Crippen LogP contribution in [0.1, 0.15) is 63.4 Å². The van der Waals surface area contributed by atoms with Gasteiger partial charge in [-0.15, -0.1) is 0 Å². The molecule has 0 aromatic heterocycles. The molecule has 4 aliphatic rings. The van der Waals surface area contributed by atoms with E-state index in [0.29, 0.717) is 25.7 Å². The lowest BCUT2D eigenvalue weighted by molar-refractivity contribution is -0.114. The Hall–Kier alpha value is -1.66. The molecule has 0 radical (unpaired) electrons. The second-order valence-corrected chi connectivity index (χ2v) is 11.3. The van der Waals surface area contributed by atoms with Gasteiger partial charge in [-0.3, -0.25) is 4.79 Å². The van der Waals surface area contributed by atoms with Gasteiger partial charge in [-0.25, -0.2) is 0 Å². The summed E-state index contributed by atoms with van der Waals surface area (Å²) < 4.78 is 40.1. The summed E-state index contributed by atoms with van der Waals surface area (Å²) in [5, 5.41) is 11.6. The number of fused-ring (bicyclic) bond motifs is 4. The molecule has 6 heteroatoms. The monoisotopic (exact) mass is 520 g/mol. The number of benzene rings is 1. The number of ketones is 1. The molecule has 176 valence electrons. The van der Waals surface area contributed by atoms with Crippen LogP contribution in [-0.2, 0) is 4.79 Å². The largest absolute Gasteiger partial charge is 0.409 e. The summed E-state index contributed by atoms with van der Waals surface area (Å²) in [5.41, 5.74) is 2.78. The van der Waals surface area contributed by atoms with Crippen LogP contribution in [0.4, 0.5) is 13.2 Å². The molecular weight excluding hydrogens is 493 g/mol. The van der Waals surface area contributed by atoms with Crippen molar-refractivity contribution < 1.29 is 23.1 Å². The van der Waals surface area contributed by atoms with Crippen LogP contribution in [0.5, 0.6) is 0 Å². The highest BCUT2D eigenvalue weighted by Crippen LogP contribution is 2.67. The normalized spacial score (nSPS) is 36.5. The number of halogens is 4. The van der Waals surface area contributed by atoms with Crippen molar-refractivity contribution in [3.8, 4) is 0 Å². The minimum absolute atomic E-state index is 0.0140. The molecule has 0 bridgehead atoms. The summed E-state index contributed by atoms with van der Waals surface area (Å²) in [6.07, 6.45) is 3.21. The Labute approximate surface area is 200 Å². The number of hydrogen-bond donors (Lipinski definition) is 1. The average molecular weight is 521 g/mol. The molecule has 2 fully saturated rings. The SMILES string of the molecule is C[C@]12C[C@H](c3ccc(Br)cc3)C3=C4CCC(=O)C=C4CCC3C1CC[C@@]2(O)C=CC(F)(F)F. The van der Waals surface area contributed by atoms with Crippen molar-refractivity contribution in [2.45, 2.75) is 69.6 Å². The summed E-state index contributed by atoms with van der Waals surface area (Å²) in [6.45, 7) is 1.99. The fourth-order valence-corrected chi connectivity index (χ4v) is 7.46. The fourth-order valence-electron chi connectivity index (χ4n) is 7.20. The lowest BCUT2D eigenvalue weighted by Crippen LogP contribution is -2.50. The molecule has 1 aromatic rings. The number of rotatable bonds is 2. The molecule has 2 nitrogen and oxygen atoms in total. The molecule has 1 aromatic carbocycles. The van der Waals surface area contributed by atoms with Crippen LogP contribution in [0, 0.1) is 17.3 Å². The molecule has 1 N–H and O–H groups in total. The topological polar surface area (TPSA) is 37.3 Å². The zero-order valence-electron chi connectivity index (χ0n) is 18.6. The number of allylic oxidation sites excluding steroid dienone is 5. The number of hydrogen-bond acceptors (Lipinski definition) is 2. The maximum atomic E-state index is 13.0. The Morgan fingerprint density at radius 3 is 2.55 bits per heavy atom. The smallest absolute Gasteiger partial charge is 0.385 e. The van der Waals surface area contributed by atoms with Crippen LogP contribution in [-0.4, -0.2) is 22.7 Å². The molecule has 0 aliphatic heterocycles. The lowest BCUT2D eigenvalue weighted by atomic mass is 9.51. The van der Waals surface area contributed by atoms with Gasteiger partial charge in [0, 0.05) is 28.3 Å². The van der Waals surface area contributed by atoms with Crippen LogP contribution in [0.3, 0.4) is 0 Å². The minimum atomic E-state index is -4.45. The molecule has 2 saturated carbocycles. The van der Waals surface area contributed by atoms with Crippen LogP contribution < -0.4 is 0 Å². The van der Waals surface area contributed by atoms with Crippen molar-refractivity contribution in [3.05, 3.63) is 69.2 Å². The zero-order chi connectivity index (χ0) is 23.6. The first kappa shape index (κ1) is 23.1. The quantitative estimate of drug-likeness (QED) is 0.418. The Kier molecular flexibility index (Phi) is 5.56. The number of alkyl halides is 3. The van der Waals surface area contributed by atoms with Gasteiger partial charge in [-0.05, 0) is 91.4 Å². The van der Waals surface area contributed by atoms with Gasteiger partial charge >= 0.3 is 6.18 Å². The highest BCUT2D eigenvalue weighted by molar-refractivity contribution is 9.10. The Morgan fingerprint density at radius 2 is 1.85 bits per heavy atom. The Balaban J connectivity index is 1.65. The average Bonchev–Trinajstić information content (AvgIpc) is 3.02. The summed E-state index contributed by atoms with van der Waals surface area (Å²) in [5.74, 6) is 0.529. The van der Waals surface area contributed by atoms with E-state index in [0.717, 1.165) is 40.9 Å². The first-order valence-electron chi connectivity index (χ1n) is 11.7. The number of aliphatic hydroxyl groups is 1. The summed E-state index contributed by atoms with van der Waals surface area (Å²) >= 11 is 3.50. The Bertz CT molecular complexity index is 1070. The van der Waals surface area contributed by atoms with Crippen molar-refractivity contribution in [2.24, 2.45) is 17.3 Å². The summed E-state index contributed by atoms with van der Waals surface area (Å²) in [4.78, 5) is 12.1. The van der Waals surface area contributed by atoms with E-state index in [4.69, 9.17) is 0 Å². The standard InChI is InChI=1S/C27H28BrF3O2/c1-25-15-22(16-2-5-18(28)6-3-16)24-20-9-7-19(32)14-17(20)4-8-21(24)23(25)10-11-26(25,33)12-13-27(29,30)31/h2-3,5-6,12-14,21-23,33H,4,7-11,15H2,1H3/t21?,22-,23?,25+,26-/m1/s1. The van der Waals surface area contributed by atoms with Gasteiger partial charge in [-0.2, -0.15) is 13.2 Å². The van der Waals surface area contributed by atoms with E-state index < -0.39 is 17.2 Å². The molecular formula is C27H28BrF3O2. The van der Waals surface area contributed by atoms with E-state index in [-0.39, 0.29) is 29.6 Å². The van der Waals surface area contributed by atoms with Gasteiger partial charge in [0.25, 0.3) is 0 Å². The third kappa shape index (κ3) is 3.87. The van der Waals surface area contributed by atoms with Gasteiger partial charge in [0.15, 0.2) is 5.78 Å². The molecule has 0 heterocycles. The predicted octanol–water partition coefficient (Wildman–Crippen LogP) is 7.20. The maximum absolute atomic E-state index is 13.0. The van der Waals surface area contributed by atoms with Gasteiger partial charge in [0.1, 0.15) is 0 Å². The van der Waals surface area contributed by atoms with Crippen LogP contribution in [0.25, 0.3) is 0 Å². The molecule has 0 spiro atoms. The van der Waals surface area contributed by atoms with Crippen molar-refractivity contribution in [3.63, 3.8) is 0 Å². The van der Waals surface area contributed by atoms with Crippen LogP contribution >= 0.6 is 15.9 Å². The van der Waals surface area contributed by atoms with Gasteiger partial charge in [-0.1, -0.05) is 40.6 Å². The third-order valence-electron chi connectivity index (χ3n) is 8.77. The number of carbonyl (C=O) groups excluding carboxylic acids is 1. The van der Waals surface area contributed by atoms with Gasteiger partial charge < -0.3 is 5.11 Å². The first-order chi connectivity index (χ1) is 15.5. The second-order valence-electron chi connectivity index (χ2n) is 10.4. The van der Waals surface area contributed by atoms with E-state index >= 15 is 0 Å². The van der Waals surface area contributed by atoms with E-state index in [2.05, 4.69) is 28.1 Å². The van der Waals surface area contributed by atoms with Crippen molar-refractivity contribution >= 4 is 21.7 Å². The second kappa shape index (κ2) is 7.94. The van der Waals surface area contributed by atoms with Crippen molar-refractivity contribution in [1.29, 1.82) is 0 Å². The Morgan fingerprint density at radius 1 is 1.12 bits per heavy atom. The van der Waals surface area contributed by atoms with Gasteiger partial charge in [0.2, 0.25) is 0 Å². The highest BCUT2D eigenvalue weighted by atomic mass is 79.9. The molecule has 5 rings (SSSR count). The molecule has 33 heavy (non-hydrogen) atoms. The molecule has 2 unspecified atom stereocenters. The number of carbonyl (C=O) groups is 1. The predicted molar refractivity (Wildman–Crippen MR) is 125 cm³/mol. The fraction of sp³-hybridized carbons (Fsp3) is 0.519. The van der Waals surface area contributed by atoms with Gasteiger partial charge in [0.05, 0.1) is 5.60 Å². The third-order valence-corrected chi connectivity index (χ3v) is 9.30. The van der Waals surface area contributed by atoms with E-state index in [1.165, 1.54) is 11.1 Å². The van der Waals surface area contributed by atoms with Crippen molar-refractivity contribution in [1.82, 2.24) is 0 Å². The van der Waals surface area contributed by atoms with E-state index in [1.807, 2.05) is 25.1 Å². The van der Waals surface area contributed by atoms with E-state index in [9.17, 15) is 23.1 Å². The van der Waals surface area contributed by atoms with Crippen LogP contribution in [0.15, 0.2) is 63.7 Å². The lowest BCUT2D eigenvalue weighted by Gasteiger charge is -2.54. The highest BCUT2D eigenvalue weighted by Gasteiger charge is 2.62. The molecule has 5 atom stereocenters. The minimum Gasteiger partial charge on any atom is -0.385 e. The molecule has 0 amide bonds. The van der Waals surface area contributed by atoms with Crippen LogP contribution in [0.2, 0.25) is 0 Å². The van der Waals surface area contributed by atoms with E-state index in [1.54, 1.807) is 0 Å². The summed E-state index contributed by atoms with van der Waals surface area (Å²) in [6, 6.07) is 8.15. The maximum Gasteiger partial charge on any atom is 0.409 e. The summed E-state index contributed by atoms with van der Waals surface area (Å²) in [7, 11) is 0. The first-order valence-corrected chi connectivity index (χ1v) is 12.5. The zero-order valence-corrected chi connectivity index (χ0v) is 20.2. The molecule has 0 saturated heterocycles.